The summed E-state index contributed by atoms with van der Waals surface area (Å²) in [4.78, 5) is 11.8. The fourth-order valence-electron chi connectivity index (χ4n) is 1.71. The van der Waals surface area contributed by atoms with Crippen molar-refractivity contribution in [3.8, 4) is 11.5 Å². The van der Waals surface area contributed by atoms with Crippen LogP contribution < -0.4 is 14.8 Å². The van der Waals surface area contributed by atoms with E-state index >= 15 is 0 Å². The molecule has 0 saturated carbocycles. The van der Waals surface area contributed by atoms with Gasteiger partial charge in [-0.15, -0.1) is 0 Å². The van der Waals surface area contributed by atoms with Crippen molar-refractivity contribution in [1.82, 2.24) is 5.32 Å². The van der Waals surface area contributed by atoms with E-state index in [-0.39, 0.29) is 24.7 Å². The predicted octanol–water partition coefficient (Wildman–Crippen LogP) is 1.87. The van der Waals surface area contributed by atoms with Crippen LogP contribution in [0, 0.1) is 0 Å². The second kappa shape index (κ2) is 7.14. The lowest BCUT2D eigenvalue weighted by Crippen LogP contribution is -2.43. The number of aliphatic hydroxyl groups is 1. The Bertz CT molecular complexity index is 452. The number of ether oxygens (including phenoxy) is 2. The summed E-state index contributed by atoms with van der Waals surface area (Å²) >= 11 is 0. The van der Waals surface area contributed by atoms with Crippen LogP contribution in [0.4, 0.5) is 0 Å². The maximum Gasteiger partial charge on any atom is 0.258 e. The zero-order valence-corrected chi connectivity index (χ0v) is 12.5. The largest absolute Gasteiger partial charge is 0.490 e. The van der Waals surface area contributed by atoms with Crippen LogP contribution in [0.3, 0.4) is 0 Å². The zero-order chi connectivity index (χ0) is 15.2. The highest BCUT2D eigenvalue weighted by atomic mass is 16.5. The molecule has 0 aromatic heterocycles. The Labute approximate surface area is 119 Å². The SMILES string of the molecule is CCOc1cccc(CO)c1OCC(=O)NC(C)(C)C. The molecule has 0 unspecified atom stereocenters. The van der Waals surface area contributed by atoms with Gasteiger partial charge in [0.05, 0.1) is 13.2 Å². The number of aliphatic hydroxyl groups excluding tert-OH is 1. The molecule has 0 heterocycles. The molecule has 5 nitrogen and oxygen atoms in total. The number of carbonyl (C=O) groups is 1. The third-order valence-corrected chi connectivity index (χ3v) is 2.39. The molecular formula is C15H23NO4. The molecule has 1 rings (SSSR count). The summed E-state index contributed by atoms with van der Waals surface area (Å²) in [5, 5.41) is 12.1. The molecule has 0 aliphatic rings. The Balaban J connectivity index is 2.78. The van der Waals surface area contributed by atoms with Crippen molar-refractivity contribution < 1.29 is 19.4 Å². The van der Waals surface area contributed by atoms with Gasteiger partial charge in [0.2, 0.25) is 0 Å². The highest BCUT2D eigenvalue weighted by Gasteiger charge is 2.16. The van der Waals surface area contributed by atoms with Crippen molar-refractivity contribution in [3.05, 3.63) is 23.8 Å². The van der Waals surface area contributed by atoms with Crippen molar-refractivity contribution in [1.29, 1.82) is 0 Å². The summed E-state index contributed by atoms with van der Waals surface area (Å²) in [5.41, 5.74) is 0.291. The van der Waals surface area contributed by atoms with E-state index in [1.54, 1.807) is 18.2 Å². The van der Waals surface area contributed by atoms with Gasteiger partial charge in [-0.05, 0) is 33.8 Å². The van der Waals surface area contributed by atoms with E-state index in [0.29, 0.717) is 23.7 Å². The minimum atomic E-state index is -0.306. The van der Waals surface area contributed by atoms with Gasteiger partial charge < -0.3 is 19.9 Å². The average molecular weight is 281 g/mol. The molecule has 112 valence electrons. The Morgan fingerprint density at radius 2 is 2.00 bits per heavy atom. The summed E-state index contributed by atoms with van der Waals surface area (Å²) in [6, 6.07) is 5.26. The maximum absolute atomic E-state index is 11.8. The molecule has 1 aromatic carbocycles. The van der Waals surface area contributed by atoms with Gasteiger partial charge in [0.25, 0.3) is 5.91 Å². The first-order chi connectivity index (χ1) is 9.37. The number of para-hydroxylation sites is 1. The van der Waals surface area contributed by atoms with Crippen LogP contribution >= 0.6 is 0 Å². The molecular weight excluding hydrogens is 258 g/mol. The normalized spacial score (nSPS) is 11.1. The monoisotopic (exact) mass is 281 g/mol. The molecule has 0 atom stereocenters. The molecule has 20 heavy (non-hydrogen) atoms. The van der Waals surface area contributed by atoms with Gasteiger partial charge in [0, 0.05) is 11.1 Å². The average Bonchev–Trinajstić information content (AvgIpc) is 2.35. The van der Waals surface area contributed by atoms with Crippen molar-refractivity contribution in [2.45, 2.75) is 39.8 Å². The fourth-order valence-corrected chi connectivity index (χ4v) is 1.71. The molecule has 0 radical (unpaired) electrons. The van der Waals surface area contributed by atoms with Crippen molar-refractivity contribution in [3.63, 3.8) is 0 Å². The van der Waals surface area contributed by atoms with Crippen LogP contribution in [0.1, 0.15) is 33.3 Å². The molecule has 0 bridgehead atoms. The summed E-state index contributed by atoms with van der Waals surface area (Å²) < 4.78 is 11.0. The quantitative estimate of drug-likeness (QED) is 0.835. The number of carbonyl (C=O) groups excluding carboxylic acids is 1. The Morgan fingerprint density at radius 1 is 1.30 bits per heavy atom. The van der Waals surface area contributed by atoms with Gasteiger partial charge in [-0.25, -0.2) is 0 Å². The van der Waals surface area contributed by atoms with Crippen LogP contribution in [-0.4, -0.2) is 29.8 Å². The molecule has 1 aromatic rings. The first kappa shape index (κ1) is 16.3. The number of benzene rings is 1. The fraction of sp³-hybridized carbons (Fsp3) is 0.533. The van der Waals surface area contributed by atoms with E-state index in [1.807, 2.05) is 27.7 Å². The highest BCUT2D eigenvalue weighted by Crippen LogP contribution is 2.31. The second-order valence-corrected chi connectivity index (χ2v) is 5.42. The van der Waals surface area contributed by atoms with E-state index in [9.17, 15) is 9.90 Å². The molecule has 0 saturated heterocycles. The molecule has 1 amide bonds. The van der Waals surface area contributed by atoms with Crippen LogP contribution in [0.25, 0.3) is 0 Å². The van der Waals surface area contributed by atoms with Gasteiger partial charge in [0.15, 0.2) is 18.1 Å². The minimum Gasteiger partial charge on any atom is -0.490 e. The minimum absolute atomic E-state index is 0.117. The Morgan fingerprint density at radius 3 is 2.55 bits per heavy atom. The van der Waals surface area contributed by atoms with E-state index < -0.39 is 0 Å². The molecule has 2 N–H and O–H groups in total. The predicted molar refractivity (Wildman–Crippen MR) is 76.9 cm³/mol. The molecule has 0 aliphatic heterocycles. The van der Waals surface area contributed by atoms with E-state index in [0.717, 1.165) is 0 Å². The summed E-state index contributed by atoms with van der Waals surface area (Å²) in [5.74, 6) is 0.733. The number of hydrogen-bond acceptors (Lipinski definition) is 4. The Hall–Kier alpha value is -1.75. The van der Waals surface area contributed by atoms with Crippen LogP contribution in [0.2, 0.25) is 0 Å². The number of amides is 1. The van der Waals surface area contributed by atoms with Crippen LogP contribution in [0.5, 0.6) is 11.5 Å². The standard InChI is InChI=1S/C15H23NO4/c1-5-19-12-8-6-7-11(9-17)14(12)20-10-13(18)16-15(2,3)4/h6-8,17H,5,9-10H2,1-4H3,(H,16,18). The smallest absolute Gasteiger partial charge is 0.258 e. The van der Waals surface area contributed by atoms with Crippen molar-refractivity contribution in [2.75, 3.05) is 13.2 Å². The van der Waals surface area contributed by atoms with Gasteiger partial charge in [-0.1, -0.05) is 12.1 Å². The number of hydrogen-bond donors (Lipinski definition) is 2. The molecule has 0 fully saturated rings. The molecule has 5 heteroatoms. The lowest BCUT2D eigenvalue weighted by Gasteiger charge is -2.21. The molecule has 0 spiro atoms. The zero-order valence-electron chi connectivity index (χ0n) is 12.5. The Kier molecular flexibility index (Phi) is 5.82. The van der Waals surface area contributed by atoms with Gasteiger partial charge >= 0.3 is 0 Å². The topological polar surface area (TPSA) is 67.8 Å². The van der Waals surface area contributed by atoms with Crippen molar-refractivity contribution in [2.24, 2.45) is 0 Å². The summed E-state index contributed by atoms with van der Waals surface area (Å²) in [6.07, 6.45) is 0. The van der Waals surface area contributed by atoms with Crippen molar-refractivity contribution >= 4 is 5.91 Å². The van der Waals surface area contributed by atoms with Gasteiger partial charge in [0.1, 0.15) is 0 Å². The first-order valence-corrected chi connectivity index (χ1v) is 6.66. The lowest BCUT2D eigenvalue weighted by molar-refractivity contribution is -0.124. The van der Waals surface area contributed by atoms with Gasteiger partial charge in [-0.2, -0.15) is 0 Å². The lowest BCUT2D eigenvalue weighted by atomic mass is 10.1. The third kappa shape index (κ3) is 5.09. The number of rotatable bonds is 6. The van der Waals surface area contributed by atoms with E-state index in [4.69, 9.17) is 9.47 Å². The number of nitrogens with one attached hydrogen (secondary N) is 1. The second-order valence-electron chi connectivity index (χ2n) is 5.42. The third-order valence-electron chi connectivity index (χ3n) is 2.39. The summed E-state index contributed by atoms with van der Waals surface area (Å²) in [6.45, 7) is 7.77. The molecule has 0 aliphatic carbocycles. The maximum atomic E-state index is 11.8. The van der Waals surface area contributed by atoms with E-state index in [2.05, 4.69) is 5.32 Å². The highest BCUT2D eigenvalue weighted by molar-refractivity contribution is 5.78. The first-order valence-electron chi connectivity index (χ1n) is 6.66. The van der Waals surface area contributed by atoms with Gasteiger partial charge in [-0.3, -0.25) is 4.79 Å². The van der Waals surface area contributed by atoms with Crippen LogP contribution in [-0.2, 0) is 11.4 Å². The summed E-state index contributed by atoms with van der Waals surface area (Å²) in [7, 11) is 0. The van der Waals surface area contributed by atoms with E-state index in [1.165, 1.54) is 0 Å². The van der Waals surface area contributed by atoms with Crippen LogP contribution in [0.15, 0.2) is 18.2 Å².